The van der Waals surface area contributed by atoms with Gasteiger partial charge in [0.05, 0.1) is 31.3 Å². The molecule has 2 unspecified atom stereocenters. The fraction of sp³-hybridized carbons (Fsp3) is 0.833. The molecule has 3 rings (SSSR count). The first-order chi connectivity index (χ1) is 8.83. The van der Waals surface area contributed by atoms with Crippen molar-refractivity contribution in [3.63, 3.8) is 0 Å². The van der Waals surface area contributed by atoms with E-state index in [1.807, 2.05) is 0 Å². The van der Waals surface area contributed by atoms with Gasteiger partial charge in [0, 0.05) is 6.61 Å². The predicted octanol–water partition coefficient (Wildman–Crippen LogP) is 1.14. The van der Waals surface area contributed by atoms with E-state index in [1.54, 1.807) is 0 Å². The normalized spacial score (nSPS) is 26.2. The topological polar surface area (TPSA) is 83.4 Å². The van der Waals surface area contributed by atoms with E-state index in [4.69, 9.17) is 19.7 Å². The fourth-order valence-corrected chi connectivity index (χ4v) is 2.14. The van der Waals surface area contributed by atoms with Crippen molar-refractivity contribution in [2.75, 3.05) is 19.8 Å². The summed E-state index contributed by atoms with van der Waals surface area (Å²) in [7, 11) is 0. The number of hydrogen-bond donors (Lipinski definition) is 1. The molecule has 1 aliphatic heterocycles. The summed E-state index contributed by atoms with van der Waals surface area (Å²) in [5.74, 6) is 1.41. The Morgan fingerprint density at radius 3 is 2.94 bits per heavy atom. The van der Waals surface area contributed by atoms with Gasteiger partial charge < -0.3 is 19.7 Å². The third-order valence-corrected chi connectivity index (χ3v) is 3.63. The molecule has 0 bridgehead atoms. The number of ether oxygens (including phenoxy) is 2. The van der Waals surface area contributed by atoms with Crippen LogP contribution in [0.3, 0.4) is 0 Å². The first-order valence-electron chi connectivity index (χ1n) is 6.61. The van der Waals surface area contributed by atoms with E-state index in [9.17, 15) is 0 Å². The van der Waals surface area contributed by atoms with Crippen molar-refractivity contribution in [1.82, 2.24) is 10.1 Å². The van der Waals surface area contributed by atoms with Gasteiger partial charge in [-0.25, -0.2) is 0 Å². The van der Waals surface area contributed by atoms with Crippen LogP contribution in [0, 0.1) is 0 Å². The minimum Gasteiger partial charge on any atom is -0.381 e. The van der Waals surface area contributed by atoms with Crippen LogP contribution in [-0.2, 0) is 9.47 Å². The summed E-state index contributed by atoms with van der Waals surface area (Å²) in [5.41, 5.74) is 5.99. The van der Waals surface area contributed by atoms with Gasteiger partial charge in [0.15, 0.2) is 5.82 Å². The summed E-state index contributed by atoms with van der Waals surface area (Å²) in [6.45, 7) is 1.89. The molecular weight excluding hydrogens is 234 g/mol. The molecule has 2 fully saturated rings. The van der Waals surface area contributed by atoms with Crippen LogP contribution in [0.4, 0.5) is 0 Å². The second-order valence-corrected chi connectivity index (χ2v) is 5.04. The van der Waals surface area contributed by atoms with Gasteiger partial charge in [-0.05, 0) is 25.7 Å². The van der Waals surface area contributed by atoms with Crippen LogP contribution in [0.5, 0.6) is 0 Å². The summed E-state index contributed by atoms with van der Waals surface area (Å²) in [6, 6.07) is -0.301. The van der Waals surface area contributed by atoms with E-state index in [-0.39, 0.29) is 12.0 Å². The van der Waals surface area contributed by atoms with Crippen molar-refractivity contribution in [3.05, 3.63) is 11.7 Å². The summed E-state index contributed by atoms with van der Waals surface area (Å²) in [4.78, 5) is 4.35. The standard InChI is InChI=1S/C12H19N3O3/c13-10(7-17-9-2-1-3-9)11-14-12(18-15-11)8-4-5-16-6-8/h8-10H,1-7,13H2. The van der Waals surface area contributed by atoms with Crippen molar-refractivity contribution in [2.24, 2.45) is 5.73 Å². The van der Waals surface area contributed by atoms with E-state index in [0.717, 1.165) is 25.9 Å². The van der Waals surface area contributed by atoms with Crippen molar-refractivity contribution in [2.45, 2.75) is 43.7 Å². The maximum Gasteiger partial charge on any atom is 0.232 e. The molecule has 1 saturated heterocycles. The lowest BCUT2D eigenvalue weighted by Gasteiger charge is -2.26. The molecule has 0 spiro atoms. The first-order valence-corrected chi connectivity index (χ1v) is 6.61. The molecule has 1 aromatic heterocycles. The Balaban J connectivity index is 1.54. The zero-order valence-electron chi connectivity index (χ0n) is 10.4. The van der Waals surface area contributed by atoms with Gasteiger partial charge in [-0.2, -0.15) is 4.98 Å². The Kier molecular flexibility index (Phi) is 3.58. The van der Waals surface area contributed by atoms with E-state index in [1.165, 1.54) is 6.42 Å². The molecule has 0 amide bonds. The molecule has 0 radical (unpaired) electrons. The second kappa shape index (κ2) is 5.34. The summed E-state index contributed by atoms with van der Waals surface area (Å²) >= 11 is 0. The molecule has 6 heteroatoms. The molecule has 2 atom stereocenters. The maximum atomic E-state index is 5.99. The molecule has 0 aromatic carbocycles. The molecule has 18 heavy (non-hydrogen) atoms. The molecule has 1 aromatic rings. The lowest BCUT2D eigenvalue weighted by Crippen LogP contribution is -2.27. The van der Waals surface area contributed by atoms with E-state index in [2.05, 4.69) is 10.1 Å². The zero-order chi connectivity index (χ0) is 12.4. The third kappa shape index (κ3) is 2.55. The van der Waals surface area contributed by atoms with Gasteiger partial charge in [0.2, 0.25) is 5.89 Å². The SMILES string of the molecule is NC(COC1CCC1)c1noc(C2CCOC2)n1. The Bertz CT molecular complexity index is 386. The fourth-order valence-electron chi connectivity index (χ4n) is 2.14. The Hall–Kier alpha value is -0.980. The van der Waals surface area contributed by atoms with Gasteiger partial charge in [0.25, 0.3) is 0 Å². The number of nitrogens with two attached hydrogens (primary N) is 1. The number of nitrogens with zero attached hydrogens (tertiary/aromatic N) is 2. The second-order valence-electron chi connectivity index (χ2n) is 5.04. The molecule has 2 N–H and O–H groups in total. The Morgan fingerprint density at radius 2 is 2.28 bits per heavy atom. The van der Waals surface area contributed by atoms with Gasteiger partial charge >= 0.3 is 0 Å². The molecular formula is C12H19N3O3. The minimum atomic E-state index is -0.301. The van der Waals surface area contributed by atoms with Crippen molar-refractivity contribution in [3.8, 4) is 0 Å². The van der Waals surface area contributed by atoms with Crippen LogP contribution in [0.15, 0.2) is 4.52 Å². The first kappa shape index (κ1) is 12.1. The van der Waals surface area contributed by atoms with Crippen LogP contribution < -0.4 is 5.73 Å². The van der Waals surface area contributed by atoms with Crippen molar-refractivity contribution in [1.29, 1.82) is 0 Å². The van der Waals surface area contributed by atoms with E-state index in [0.29, 0.717) is 31.0 Å². The average molecular weight is 253 g/mol. The number of hydrogen-bond acceptors (Lipinski definition) is 6. The zero-order valence-corrected chi connectivity index (χ0v) is 10.4. The highest BCUT2D eigenvalue weighted by Crippen LogP contribution is 2.25. The molecule has 1 aliphatic carbocycles. The molecule has 100 valence electrons. The van der Waals surface area contributed by atoms with E-state index >= 15 is 0 Å². The van der Waals surface area contributed by atoms with E-state index < -0.39 is 0 Å². The number of aromatic nitrogens is 2. The Morgan fingerprint density at radius 1 is 1.39 bits per heavy atom. The predicted molar refractivity (Wildman–Crippen MR) is 63.0 cm³/mol. The highest BCUT2D eigenvalue weighted by atomic mass is 16.5. The minimum absolute atomic E-state index is 0.228. The van der Waals surface area contributed by atoms with Crippen LogP contribution in [0.2, 0.25) is 0 Å². The van der Waals surface area contributed by atoms with Crippen LogP contribution in [0.25, 0.3) is 0 Å². The summed E-state index contributed by atoms with van der Waals surface area (Å²) < 4.78 is 16.2. The average Bonchev–Trinajstić information content (AvgIpc) is 2.97. The van der Waals surface area contributed by atoms with Gasteiger partial charge in [-0.15, -0.1) is 0 Å². The largest absolute Gasteiger partial charge is 0.381 e. The van der Waals surface area contributed by atoms with Crippen molar-refractivity contribution < 1.29 is 14.0 Å². The van der Waals surface area contributed by atoms with Gasteiger partial charge in [-0.3, -0.25) is 0 Å². The number of rotatable bonds is 5. The summed E-state index contributed by atoms with van der Waals surface area (Å²) in [5, 5.41) is 3.94. The molecule has 2 heterocycles. The van der Waals surface area contributed by atoms with Gasteiger partial charge in [0.1, 0.15) is 0 Å². The highest BCUT2D eigenvalue weighted by Gasteiger charge is 2.26. The lowest BCUT2D eigenvalue weighted by molar-refractivity contribution is -0.00549. The van der Waals surface area contributed by atoms with Crippen LogP contribution in [-0.4, -0.2) is 36.1 Å². The van der Waals surface area contributed by atoms with Gasteiger partial charge in [-0.1, -0.05) is 5.16 Å². The highest BCUT2D eigenvalue weighted by molar-refractivity contribution is 4.99. The molecule has 6 nitrogen and oxygen atoms in total. The third-order valence-electron chi connectivity index (χ3n) is 3.63. The molecule has 1 saturated carbocycles. The quantitative estimate of drug-likeness (QED) is 0.847. The molecule has 2 aliphatic rings. The van der Waals surface area contributed by atoms with Crippen molar-refractivity contribution >= 4 is 0 Å². The lowest BCUT2D eigenvalue weighted by atomic mass is 9.96. The van der Waals surface area contributed by atoms with Crippen LogP contribution >= 0.6 is 0 Å². The Labute approximate surface area is 106 Å². The maximum absolute atomic E-state index is 5.99. The summed E-state index contributed by atoms with van der Waals surface area (Å²) in [6.07, 6.45) is 4.86. The van der Waals surface area contributed by atoms with Crippen LogP contribution in [0.1, 0.15) is 49.4 Å². The smallest absolute Gasteiger partial charge is 0.232 e. The monoisotopic (exact) mass is 253 g/mol.